The van der Waals surface area contributed by atoms with Crippen LogP contribution in [0.2, 0.25) is 20.1 Å². The lowest BCUT2D eigenvalue weighted by atomic mass is 10.1. The number of benzene rings is 2. The molecule has 1 N–H and O–H groups in total. The second-order valence-electron chi connectivity index (χ2n) is 4.54. The van der Waals surface area contributed by atoms with Gasteiger partial charge in [0.2, 0.25) is 5.78 Å². The molecule has 0 amide bonds. The maximum Gasteiger partial charge on any atom is 0.232 e. The van der Waals surface area contributed by atoms with Crippen molar-refractivity contribution in [1.29, 1.82) is 0 Å². The molecule has 0 spiro atoms. The van der Waals surface area contributed by atoms with Gasteiger partial charge in [0.05, 0.1) is 20.6 Å². The first-order chi connectivity index (χ1) is 10.4. The molecule has 0 radical (unpaired) electrons. The molecule has 0 saturated heterocycles. The van der Waals surface area contributed by atoms with Gasteiger partial charge in [-0.3, -0.25) is 4.79 Å². The highest BCUT2D eigenvalue weighted by molar-refractivity contribution is 6.38. The molecule has 0 atom stereocenters. The molecule has 0 saturated carbocycles. The van der Waals surface area contributed by atoms with E-state index < -0.39 is 0 Å². The minimum absolute atomic E-state index is 0.0667. The average molecular weight is 376 g/mol. The van der Waals surface area contributed by atoms with Crippen LogP contribution in [0.25, 0.3) is 6.08 Å². The molecule has 22 heavy (non-hydrogen) atoms. The van der Waals surface area contributed by atoms with Gasteiger partial charge in [0, 0.05) is 5.02 Å². The first kappa shape index (κ1) is 15.5. The molecule has 3 nitrogen and oxygen atoms in total. The summed E-state index contributed by atoms with van der Waals surface area (Å²) < 4.78 is 5.49. The number of Topliss-reactive ketones (excluding diaryl/α,β-unsaturated/α-hetero) is 1. The lowest BCUT2D eigenvalue weighted by Gasteiger charge is -2.03. The fourth-order valence-electron chi connectivity index (χ4n) is 2.04. The van der Waals surface area contributed by atoms with E-state index in [4.69, 9.17) is 51.1 Å². The highest BCUT2D eigenvalue weighted by Crippen LogP contribution is 2.40. The van der Waals surface area contributed by atoms with E-state index in [0.29, 0.717) is 16.1 Å². The van der Waals surface area contributed by atoms with E-state index >= 15 is 0 Å². The standard InChI is InChI=1S/C15H6Cl4O3/c16-7-4-8-13(20)12(22-15(8)11(19)5-7)3-6-1-9(17)14(21)10(18)2-6/h1-5,21H. The van der Waals surface area contributed by atoms with Crippen LogP contribution in [0, 0.1) is 0 Å². The van der Waals surface area contributed by atoms with Gasteiger partial charge in [-0.05, 0) is 35.9 Å². The Morgan fingerprint density at radius 1 is 0.955 bits per heavy atom. The summed E-state index contributed by atoms with van der Waals surface area (Å²) in [6.45, 7) is 0. The largest absolute Gasteiger partial charge is 0.505 e. The molecule has 1 aliphatic rings. The van der Waals surface area contributed by atoms with Crippen molar-refractivity contribution >= 4 is 58.3 Å². The Hall–Kier alpha value is -1.39. The fourth-order valence-corrected chi connectivity index (χ4v) is 3.07. The molecule has 0 aromatic heterocycles. The number of carbonyl (C=O) groups excluding carboxylic acids is 1. The first-order valence-corrected chi connectivity index (χ1v) is 7.49. The molecule has 2 aromatic carbocycles. The van der Waals surface area contributed by atoms with Gasteiger partial charge in [-0.2, -0.15) is 0 Å². The van der Waals surface area contributed by atoms with Crippen molar-refractivity contribution in [2.75, 3.05) is 0 Å². The quantitative estimate of drug-likeness (QED) is 0.657. The number of ether oxygens (including phenoxy) is 1. The van der Waals surface area contributed by atoms with E-state index in [0.717, 1.165) is 0 Å². The van der Waals surface area contributed by atoms with Crippen LogP contribution in [0.4, 0.5) is 0 Å². The summed E-state index contributed by atoms with van der Waals surface area (Å²) in [5.74, 6) is -0.239. The highest BCUT2D eigenvalue weighted by atomic mass is 35.5. The number of ketones is 1. The summed E-state index contributed by atoms with van der Waals surface area (Å²) in [6.07, 6.45) is 1.46. The topological polar surface area (TPSA) is 46.5 Å². The Kier molecular flexibility index (Phi) is 4.00. The number of hydrogen-bond acceptors (Lipinski definition) is 3. The Bertz CT molecular complexity index is 820. The molecular weight excluding hydrogens is 370 g/mol. The molecule has 0 bridgehead atoms. The van der Waals surface area contributed by atoms with Crippen molar-refractivity contribution in [1.82, 2.24) is 0 Å². The third-order valence-corrected chi connectivity index (χ3v) is 4.10. The maximum atomic E-state index is 12.3. The molecule has 7 heteroatoms. The predicted molar refractivity (Wildman–Crippen MR) is 87.5 cm³/mol. The number of halogens is 4. The SMILES string of the molecule is O=C1C(=Cc2cc(Cl)c(O)c(Cl)c2)Oc2c(Cl)cc(Cl)cc21. The molecule has 0 unspecified atom stereocenters. The number of allylic oxidation sites excluding steroid dienone is 1. The third-order valence-electron chi connectivity index (χ3n) is 3.03. The number of phenols is 1. The second-order valence-corrected chi connectivity index (χ2v) is 6.20. The zero-order valence-electron chi connectivity index (χ0n) is 10.7. The van der Waals surface area contributed by atoms with Crippen molar-refractivity contribution in [2.45, 2.75) is 0 Å². The van der Waals surface area contributed by atoms with Crippen LogP contribution < -0.4 is 4.74 Å². The number of carbonyl (C=O) groups is 1. The van der Waals surface area contributed by atoms with Crippen molar-refractivity contribution in [2.24, 2.45) is 0 Å². The number of fused-ring (bicyclic) bond motifs is 1. The van der Waals surface area contributed by atoms with Crippen LogP contribution in [-0.2, 0) is 0 Å². The number of aromatic hydroxyl groups is 1. The van der Waals surface area contributed by atoms with Crippen molar-refractivity contribution in [3.8, 4) is 11.5 Å². The van der Waals surface area contributed by atoms with E-state index in [2.05, 4.69) is 0 Å². The highest BCUT2D eigenvalue weighted by Gasteiger charge is 2.30. The molecule has 1 aliphatic heterocycles. The summed E-state index contributed by atoms with van der Waals surface area (Å²) in [7, 11) is 0. The lowest BCUT2D eigenvalue weighted by Crippen LogP contribution is -1.98. The van der Waals surface area contributed by atoms with Crippen molar-refractivity contribution < 1.29 is 14.6 Å². The second kappa shape index (κ2) is 5.67. The molecular formula is C15H6Cl4O3. The first-order valence-electron chi connectivity index (χ1n) is 5.98. The normalized spacial score (nSPS) is 15.1. The number of phenolic OH excluding ortho intramolecular Hbond substituents is 1. The predicted octanol–water partition coefficient (Wildman–Crippen LogP) is 5.62. The van der Waals surface area contributed by atoms with Crippen LogP contribution in [0.1, 0.15) is 15.9 Å². The van der Waals surface area contributed by atoms with E-state index in [9.17, 15) is 9.90 Å². The molecule has 112 valence electrons. The minimum Gasteiger partial charge on any atom is -0.505 e. The van der Waals surface area contributed by atoms with Gasteiger partial charge in [0.15, 0.2) is 17.3 Å². The molecule has 0 fully saturated rings. The maximum absolute atomic E-state index is 12.3. The molecule has 2 aromatic rings. The van der Waals surface area contributed by atoms with Crippen LogP contribution >= 0.6 is 46.4 Å². The Morgan fingerprint density at radius 2 is 1.59 bits per heavy atom. The number of hydrogen-bond donors (Lipinski definition) is 1. The monoisotopic (exact) mass is 374 g/mol. The van der Waals surface area contributed by atoms with Gasteiger partial charge in [0.25, 0.3) is 0 Å². The van der Waals surface area contributed by atoms with Gasteiger partial charge in [0.1, 0.15) is 0 Å². The van der Waals surface area contributed by atoms with Crippen LogP contribution in [0.15, 0.2) is 30.0 Å². The summed E-state index contributed by atoms with van der Waals surface area (Å²) in [4.78, 5) is 12.3. The van der Waals surface area contributed by atoms with Gasteiger partial charge >= 0.3 is 0 Å². The molecule has 3 rings (SSSR count). The van der Waals surface area contributed by atoms with E-state index in [1.807, 2.05) is 0 Å². The average Bonchev–Trinajstić information content (AvgIpc) is 2.74. The lowest BCUT2D eigenvalue weighted by molar-refractivity contribution is 0.101. The molecule has 1 heterocycles. The fraction of sp³-hybridized carbons (Fsp3) is 0. The zero-order chi connectivity index (χ0) is 16.0. The summed E-state index contributed by atoms with van der Waals surface area (Å²) >= 11 is 23.6. The van der Waals surface area contributed by atoms with Crippen LogP contribution in [0.3, 0.4) is 0 Å². The Balaban J connectivity index is 2.05. The Labute approximate surface area is 145 Å². The Morgan fingerprint density at radius 3 is 2.23 bits per heavy atom. The van der Waals surface area contributed by atoms with Gasteiger partial charge in [-0.25, -0.2) is 0 Å². The summed E-state index contributed by atoms with van der Waals surface area (Å²) in [6, 6.07) is 5.91. The van der Waals surface area contributed by atoms with Crippen molar-refractivity contribution in [3.05, 3.63) is 61.2 Å². The third kappa shape index (κ3) is 2.66. The van der Waals surface area contributed by atoms with Gasteiger partial charge in [-0.1, -0.05) is 46.4 Å². The van der Waals surface area contributed by atoms with Crippen LogP contribution in [-0.4, -0.2) is 10.9 Å². The smallest absolute Gasteiger partial charge is 0.232 e. The van der Waals surface area contributed by atoms with Gasteiger partial charge in [-0.15, -0.1) is 0 Å². The number of rotatable bonds is 1. The van der Waals surface area contributed by atoms with Gasteiger partial charge < -0.3 is 9.84 Å². The minimum atomic E-state index is -0.347. The summed E-state index contributed by atoms with van der Waals surface area (Å²) in [5, 5.41) is 10.3. The van der Waals surface area contributed by atoms with E-state index in [1.165, 1.54) is 30.3 Å². The van der Waals surface area contributed by atoms with E-state index in [-0.39, 0.29) is 38.1 Å². The summed E-state index contributed by atoms with van der Waals surface area (Å²) in [5.41, 5.74) is 0.797. The zero-order valence-corrected chi connectivity index (χ0v) is 13.7. The molecule has 0 aliphatic carbocycles. The van der Waals surface area contributed by atoms with Crippen LogP contribution in [0.5, 0.6) is 11.5 Å². The van der Waals surface area contributed by atoms with E-state index in [1.54, 1.807) is 0 Å². The van der Waals surface area contributed by atoms with Crippen molar-refractivity contribution in [3.63, 3.8) is 0 Å².